The molecule has 0 aliphatic rings. The first-order valence-electron chi connectivity index (χ1n) is 5.49. The van der Waals surface area contributed by atoms with Crippen LogP contribution in [0.4, 0.5) is 0 Å². The fourth-order valence-electron chi connectivity index (χ4n) is 0.862. The van der Waals surface area contributed by atoms with Gasteiger partial charge in [-0.3, -0.25) is 4.79 Å². The minimum atomic E-state index is -0.435. The van der Waals surface area contributed by atoms with Crippen LogP contribution in [0.1, 0.15) is 26.7 Å². The Bertz CT molecular complexity index is 232. The fourth-order valence-corrected chi connectivity index (χ4v) is 0.862. The normalized spacial score (nSPS) is 9.38. The van der Waals surface area contributed by atoms with Crippen molar-refractivity contribution in [1.29, 1.82) is 0 Å². The standard InChI is InChI=1S/C11H17NO2.C2H6/c1-3-4-6-10(2)7-5-8-14-9-11(12)13;1-2/h3-4,6H,1-2,5,7-9H2,(H2,12,13);1-2H3/b6-4-;. The van der Waals surface area contributed by atoms with E-state index in [0.717, 1.165) is 18.4 Å². The van der Waals surface area contributed by atoms with Gasteiger partial charge in [0.15, 0.2) is 0 Å². The first-order chi connectivity index (χ1) is 7.66. The van der Waals surface area contributed by atoms with E-state index in [2.05, 4.69) is 13.2 Å². The first kappa shape index (κ1) is 17.1. The molecule has 0 aliphatic carbocycles. The number of nitrogens with two attached hydrogens (primary N) is 1. The van der Waals surface area contributed by atoms with Crippen LogP contribution in [0.5, 0.6) is 0 Å². The Morgan fingerprint density at radius 1 is 1.44 bits per heavy atom. The number of carbonyl (C=O) groups is 1. The molecular formula is C13H23NO2. The molecule has 0 unspecified atom stereocenters. The van der Waals surface area contributed by atoms with Crippen molar-refractivity contribution in [3.8, 4) is 0 Å². The number of hydrogen-bond acceptors (Lipinski definition) is 2. The van der Waals surface area contributed by atoms with Crippen LogP contribution in [0, 0.1) is 0 Å². The summed E-state index contributed by atoms with van der Waals surface area (Å²) in [5, 5.41) is 0. The molecule has 0 saturated heterocycles. The van der Waals surface area contributed by atoms with Gasteiger partial charge in [0, 0.05) is 6.61 Å². The van der Waals surface area contributed by atoms with Crippen molar-refractivity contribution in [2.75, 3.05) is 13.2 Å². The second kappa shape index (κ2) is 13.7. The van der Waals surface area contributed by atoms with Crippen LogP contribution in [0.25, 0.3) is 0 Å². The number of rotatable bonds is 8. The minimum absolute atomic E-state index is 0.00499. The Morgan fingerprint density at radius 3 is 2.56 bits per heavy atom. The summed E-state index contributed by atoms with van der Waals surface area (Å²) >= 11 is 0. The maximum absolute atomic E-state index is 10.3. The zero-order valence-electron chi connectivity index (χ0n) is 10.4. The molecule has 2 N–H and O–H groups in total. The van der Waals surface area contributed by atoms with Gasteiger partial charge in [0.2, 0.25) is 5.91 Å². The topological polar surface area (TPSA) is 52.3 Å². The highest BCUT2D eigenvalue weighted by Crippen LogP contribution is 2.03. The molecule has 0 aromatic carbocycles. The summed E-state index contributed by atoms with van der Waals surface area (Å²) in [6.45, 7) is 11.9. The maximum Gasteiger partial charge on any atom is 0.243 e. The molecule has 16 heavy (non-hydrogen) atoms. The Balaban J connectivity index is 0. The van der Waals surface area contributed by atoms with Gasteiger partial charge in [-0.15, -0.1) is 0 Å². The molecule has 1 amide bonds. The summed E-state index contributed by atoms with van der Waals surface area (Å²) in [6.07, 6.45) is 7.14. The average Bonchev–Trinajstić information content (AvgIpc) is 2.28. The molecule has 0 atom stereocenters. The lowest BCUT2D eigenvalue weighted by Gasteiger charge is -2.01. The highest BCUT2D eigenvalue weighted by atomic mass is 16.5. The van der Waals surface area contributed by atoms with Crippen LogP contribution in [0.15, 0.2) is 37.0 Å². The zero-order chi connectivity index (χ0) is 12.8. The molecule has 3 nitrogen and oxygen atoms in total. The van der Waals surface area contributed by atoms with E-state index in [1.54, 1.807) is 6.08 Å². The lowest BCUT2D eigenvalue weighted by Crippen LogP contribution is -2.18. The zero-order valence-corrected chi connectivity index (χ0v) is 10.4. The van der Waals surface area contributed by atoms with Crippen LogP contribution >= 0.6 is 0 Å². The molecule has 0 bridgehead atoms. The largest absolute Gasteiger partial charge is 0.372 e. The molecule has 0 heterocycles. The SMILES string of the molecule is C=C/C=C\C(=C)CCCOCC(N)=O.CC. The van der Waals surface area contributed by atoms with E-state index in [0.29, 0.717) is 6.61 Å². The Labute approximate surface area is 98.7 Å². The van der Waals surface area contributed by atoms with Crippen molar-refractivity contribution in [3.63, 3.8) is 0 Å². The second-order valence-corrected chi connectivity index (χ2v) is 2.88. The molecular weight excluding hydrogens is 202 g/mol. The second-order valence-electron chi connectivity index (χ2n) is 2.88. The van der Waals surface area contributed by atoms with E-state index in [1.165, 1.54) is 0 Å². The van der Waals surface area contributed by atoms with Crippen LogP contribution in [0.3, 0.4) is 0 Å². The Morgan fingerprint density at radius 2 is 2.06 bits per heavy atom. The monoisotopic (exact) mass is 225 g/mol. The third-order valence-electron chi connectivity index (χ3n) is 1.50. The van der Waals surface area contributed by atoms with Crippen LogP contribution < -0.4 is 5.73 Å². The quantitative estimate of drug-likeness (QED) is 0.510. The molecule has 0 rings (SSSR count). The number of ether oxygens (including phenoxy) is 1. The van der Waals surface area contributed by atoms with Crippen LogP contribution in [0.2, 0.25) is 0 Å². The minimum Gasteiger partial charge on any atom is -0.372 e. The lowest BCUT2D eigenvalue weighted by molar-refractivity contribution is -0.122. The van der Waals surface area contributed by atoms with E-state index in [4.69, 9.17) is 10.5 Å². The van der Waals surface area contributed by atoms with Crippen LogP contribution in [-0.2, 0) is 9.53 Å². The van der Waals surface area contributed by atoms with Gasteiger partial charge in [-0.25, -0.2) is 0 Å². The van der Waals surface area contributed by atoms with E-state index >= 15 is 0 Å². The first-order valence-corrected chi connectivity index (χ1v) is 5.49. The van der Waals surface area contributed by atoms with Gasteiger partial charge in [0.25, 0.3) is 0 Å². The molecule has 0 aromatic heterocycles. The van der Waals surface area contributed by atoms with Crippen molar-refractivity contribution >= 4 is 5.91 Å². The summed E-state index contributed by atoms with van der Waals surface area (Å²) in [5.74, 6) is -0.435. The molecule has 0 radical (unpaired) electrons. The Kier molecular flexibility index (Phi) is 14.6. The maximum atomic E-state index is 10.3. The third-order valence-corrected chi connectivity index (χ3v) is 1.50. The summed E-state index contributed by atoms with van der Waals surface area (Å²) in [6, 6.07) is 0. The molecule has 0 aromatic rings. The van der Waals surface area contributed by atoms with Gasteiger partial charge >= 0.3 is 0 Å². The number of hydrogen-bond donors (Lipinski definition) is 1. The van der Waals surface area contributed by atoms with Crippen molar-refractivity contribution in [2.45, 2.75) is 26.7 Å². The van der Waals surface area contributed by atoms with Gasteiger partial charge in [-0.2, -0.15) is 0 Å². The predicted octanol–water partition coefficient (Wildman–Crippen LogP) is 2.59. The highest BCUT2D eigenvalue weighted by molar-refractivity contribution is 5.74. The number of carbonyl (C=O) groups excluding carboxylic acids is 1. The van der Waals surface area contributed by atoms with E-state index in [-0.39, 0.29) is 6.61 Å². The molecule has 3 heteroatoms. The summed E-state index contributed by atoms with van der Waals surface area (Å²) in [4.78, 5) is 10.3. The smallest absolute Gasteiger partial charge is 0.243 e. The number of allylic oxidation sites excluding steroid dienone is 4. The van der Waals surface area contributed by atoms with Gasteiger partial charge in [0.1, 0.15) is 6.61 Å². The van der Waals surface area contributed by atoms with Crippen molar-refractivity contribution in [1.82, 2.24) is 0 Å². The van der Waals surface area contributed by atoms with Crippen molar-refractivity contribution in [2.24, 2.45) is 5.73 Å². The number of primary amides is 1. The Hall–Kier alpha value is -1.35. The molecule has 0 aliphatic heterocycles. The third kappa shape index (κ3) is 15.1. The van der Waals surface area contributed by atoms with Crippen molar-refractivity contribution < 1.29 is 9.53 Å². The summed E-state index contributed by atoms with van der Waals surface area (Å²) < 4.78 is 4.99. The fraction of sp³-hybridized carbons (Fsp3) is 0.462. The lowest BCUT2D eigenvalue weighted by atomic mass is 10.1. The van der Waals surface area contributed by atoms with E-state index in [1.807, 2.05) is 26.0 Å². The summed E-state index contributed by atoms with van der Waals surface area (Å²) in [7, 11) is 0. The van der Waals surface area contributed by atoms with E-state index < -0.39 is 5.91 Å². The van der Waals surface area contributed by atoms with Gasteiger partial charge < -0.3 is 10.5 Å². The summed E-state index contributed by atoms with van der Waals surface area (Å²) in [5.41, 5.74) is 5.92. The average molecular weight is 225 g/mol. The predicted molar refractivity (Wildman–Crippen MR) is 69.1 cm³/mol. The van der Waals surface area contributed by atoms with Gasteiger partial charge in [-0.1, -0.05) is 50.8 Å². The molecule has 92 valence electrons. The molecule has 0 spiro atoms. The van der Waals surface area contributed by atoms with Crippen molar-refractivity contribution in [3.05, 3.63) is 37.0 Å². The van der Waals surface area contributed by atoms with Gasteiger partial charge in [-0.05, 0) is 12.8 Å². The highest BCUT2D eigenvalue weighted by Gasteiger charge is 1.94. The molecule has 0 fully saturated rings. The van der Waals surface area contributed by atoms with Gasteiger partial charge in [0.05, 0.1) is 0 Å². The van der Waals surface area contributed by atoms with Crippen LogP contribution in [-0.4, -0.2) is 19.1 Å². The molecule has 0 saturated carbocycles. The van der Waals surface area contributed by atoms with E-state index in [9.17, 15) is 4.79 Å². The number of amides is 1.